The molecule has 0 aromatic heterocycles. The number of methoxy groups -OCH3 is 1. The molecule has 1 heterocycles. The van der Waals surface area contributed by atoms with Crippen LogP contribution in [0.5, 0.6) is 5.75 Å². The molecule has 0 spiro atoms. The van der Waals surface area contributed by atoms with Crippen molar-refractivity contribution in [1.82, 2.24) is 4.90 Å². The number of anilines is 1. The van der Waals surface area contributed by atoms with E-state index in [1.807, 2.05) is 6.07 Å². The molecule has 0 bridgehead atoms. The molecule has 0 radical (unpaired) electrons. The molecule has 2 fully saturated rings. The van der Waals surface area contributed by atoms with E-state index in [0.29, 0.717) is 0 Å². The highest BCUT2D eigenvalue weighted by Crippen LogP contribution is 2.29. The van der Waals surface area contributed by atoms with Crippen LogP contribution < -0.4 is 9.64 Å². The molecule has 1 aromatic carbocycles. The lowest BCUT2D eigenvalue weighted by Crippen LogP contribution is -2.51. The zero-order valence-corrected chi connectivity index (χ0v) is 13.4. The van der Waals surface area contributed by atoms with Crippen molar-refractivity contribution in [2.75, 3.05) is 38.2 Å². The topological polar surface area (TPSA) is 15.7 Å². The molecule has 3 rings (SSSR count). The summed E-state index contributed by atoms with van der Waals surface area (Å²) in [6.07, 6.45) is 5.66. The van der Waals surface area contributed by atoms with Crippen molar-refractivity contribution in [1.29, 1.82) is 0 Å². The first-order valence-corrected chi connectivity index (χ1v) is 8.39. The summed E-state index contributed by atoms with van der Waals surface area (Å²) in [5.74, 6) is 1.87. The Morgan fingerprint density at radius 3 is 2.62 bits per heavy atom. The van der Waals surface area contributed by atoms with E-state index in [4.69, 9.17) is 4.74 Å². The fourth-order valence-corrected chi connectivity index (χ4v) is 3.89. The molecule has 3 nitrogen and oxygen atoms in total. The molecule has 0 N–H and O–H groups in total. The van der Waals surface area contributed by atoms with Crippen molar-refractivity contribution in [3.63, 3.8) is 0 Å². The van der Waals surface area contributed by atoms with Crippen LogP contribution in [0.2, 0.25) is 0 Å². The molecule has 1 saturated carbocycles. The van der Waals surface area contributed by atoms with Crippen LogP contribution in [0.4, 0.5) is 5.69 Å². The van der Waals surface area contributed by atoms with Gasteiger partial charge >= 0.3 is 0 Å². The Hall–Kier alpha value is -1.22. The maximum Gasteiger partial charge on any atom is 0.120 e. The summed E-state index contributed by atoms with van der Waals surface area (Å²) >= 11 is 0. The average molecular weight is 288 g/mol. The van der Waals surface area contributed by atoms with Crippen LogP contribution in [0.25, 0.3) is 0 Å². The third kappa shape index (κ3) is 3.52. The second-order valence-corrected chi connectivity index (χ2v) is 6.65. The summed E-state index contributed by atoms with van der Waals surface area (Å²) in [6.45, 7) is 7.10. The maximum absolute atomic E-state index is 5.34. The largest absolute Gasteiger partial charge is 0.497 e. The number of hydrogen-bond acceptors (Lipinski definition) is 3. The lowest BCUT2D eigenvalue weighted by Gasteiger charge is -2.42. The van der Waals surface area contributed by atoms with Gasteiger partial charge in [-0.15, -0.1) is 0 Å². The third-order valence-corrected chi connectivity index (χ3v) is 5.16. The summed E-state index contributed by atoms with van der Waals surface area (Å²) in [7, 11) is 1.74. The van der Waals surface area contributed by atoms with E-state index in [9.17, 15) is 0 Å². The molecule has 116 valence electrons. The van der Waals surface area contributed by atoms with Crippen LogP contribution in [0.15, 0.2) is 24.3 Å². The number of piperazine rings is 1. The van der Waals surface area contributed by atoms with Gasteiger partial charge in [0, 0.05) is 44.0 Å². The first kappa shape index (κ1) is 14.7. The van der Waals surface area contributed by atoms with Crippen LogP contribution >= 0.6 is 0 Å². The lowest BCUT2D eigenvalue weighted by molar-refractivity contribution is 0.127. The zero-order chi connectivity index (χ0) is 14.7. The molecule has 2 aliphatic rings. The van der Waals surface area contributed by atoms with E-state index < -0.39 is 0 Å². The molecule has 3 heteroatoms. The number of hydrogen-bond donors (Lipinski definition) is 0. The van der Waals surface area contributed by atoms with Crippen molar-refractivity contribution in [2.45, 2.75) is 38.6 Å². The molecule has 1 aliphatic carbocycles. The molecule has 21 heavy (non-hydrogen) atoms. The monoisotopic (exact) mass is 288 g/mol. The molecular weight excluding hydrogens is 260 g/mol. The van der Waals surface area contributed by atoms with Gasteiger partial charge in [-0.3, -0.25) is 4.90 Å². The van der Waals surface area contributed by atoms with Gasteiger partial charge in [0.25, 0.3) is 0 Å². The van der Waals surface area contributed by atoms with Gasteiger partial charge in [-0.1, -0.05) is 25.8 Å². The summed E-state index contributed by atoms with van der Waals surface area (Å²) < 4.78 is 5.34. The molecule has 0 amide bonds. The van der Waals surface area contributed by atoms with Gasteiger partial charge in [-0.05, 0) is 30.9 Å². The van der Waals surface area contributed by atoms with E-state index in [1.54, 1.807) is 7.11 Å². The quantitative estimate of drug-likeness (QED) is 0.848. The minimum atomic E-state index is 0.834. The number of ether oxygens (including phenoxy) is 1. The first-order chi connectivity index (χ1) is 10.3. The second-order valence-electron chi connectivity index (χ2n) is 6.65. The molecule has 2 atom stereocenters. The van der Waals surface area contributed by atoms with Crippen LogP contribution in [0, 0.1) is 5.92 Å². The van der Waals surface area contributed by atoms with Gasteiger partial charge in [0.05, 0.1) is 7.11 Å². The van der Waals surface area contributed by atoms with Gasteiger partial charge < -0.3 is 9.64 Å². The van der Waals surface area contributed by atoms with Crippen molar-refractivity contribution < 1.29 is 4.74 Å². The Balaban J connectivity index is 1.57. The highest BCUT2D eigenvalue weighted by Gasteiger charge is 2.27. The minimum absolute atomic E-state index is 0.834. The van der Waals surface area contributed by atoms with Crippen LogP contribution in [-0.2, 0) is 0 Å². The predicted molar refractivity (Wildman–Crippen MR) is 88.2 cm³/mol. The molecule has 0 unspecified atom stereocenters. The normalized spacial score (nSPS) is 27.6. The minimum Gasteiger partial charge on any atom is -0.497 e. The van der Waals surface area contributed by atoms with Gasteiger partial charge in [-0.2, -0.15) is 0 Å². The fraction of sp³-hybridized carbons (Fsp3) is 0.667. The van der Waals surface area contributed by atoms with Crippen molar-refractivity contribution in [2.24, 2.45) is 5.92 Å². The Morgan fingerprint density at radius 2 is 1.90 bits per heavy atom. The van der Waals surface area contributed by atoms with Gasteiger partial charge in [0.2, 0.25) is 0 Å². The van der Waals surface area contributed by atoms with Crippen molar-refractivity contribution in [3.05, 3.63) is 24.3 Å². The second kappa shape index (κ2) is 6.69. The molecule has 1 aliphatic heterocycles. The SMILES string of the molecule is COc1cccc(N2CCN([C@H]3CCC[C@H](C)C3)CC2)c1. The zero-order valence-electron chi connectivity index (χ0n) is 13.4. The van der Waals surface area contributed by atoms with Crippen LogP contribution in [0.1, 0.15) is 32.6 Å². The van der Waals surface area contributed by atoms with E-state index >= 15 is 0 Å². The maximum atomic E-state index is 5.34. The highest BCUT2D eigenvalue weighted by molar-refractivity contribution is 5.51. The van der Waals surface area contributed by atoms with Crippen LogP contribution in [0.3, 0.4) is 0 Å². The molecule has 1 saturated heterocycles. The number of nitrogens with zero attached hydrogens (tertiary/aromatic N) is 2. The van der Waals surface area contributed by atoms with Gasteiger partial charge in [-0.25, -0.2) is 0 Å². The summed E-state index contributed by atoms with van der Waals surface area (Å²) in [6, 6.07) is 9.28. The van der Waals surface area contributed by atoms with Crippen molar-refractivity contribution >= 4 is 5.69 Å². The molecule has 1 aromatic rings. The van der Waals surface area contributed by atoms with E-state index in [-0.39, 0.29) is 0 Å². The number of benzene rings is 1. The Bertz CT molecular complexity index is 454. The summed E-state index contributed by atoms with van der Waals surface area (Å²) in [5.41, 5.74) is 1.30. The fourth-order valence-electron chi connectivity index (χ4n) is 3.89. The lowest BCUT2D eigenvalue weighted by atomic mass is 9.86. The Labute approximate surface area is 128 Å². The molecular formula is C18H28N2O. The Morgan fingerprint density at radius 1 is 1.10 bits per heavy atom. The first-order valence-electron chi connectivity index (χ1n) is 8.39. The predicted octanol–water partition coefficient (Wildman–Crippen LogP) is 3.40. The highest BCUT2D eigenvalue weighted by atomic mass is 16.5. The van der Waals surface area contributed by atoms with Gasteiger partial charge in [0.1, 0.15) is 5.75 Å². The Kier molecular flexibility index (Phi) is 4.69. The van der Waals surface area contributed by atoms with Gasteiger partial charge in [0.15, 0.2) is 0 Å². The smallest absolute Gasteiger partial charge is 0.120 e. The average Bonchev–Trinajstić information content (AvgIpc) is 2.55. The third-order valence-electron chi connectivity index (χ3n) is 5.16. The number of rotatable bonds is 3. The summed E-state index contributed by atoms with van der Waals surface area (Å²) in [5, 5.41) is 0. The van der Waals surface area contributed by atoms with E-state index in [1.165, 1.54) is 44.5 Å². The summed E-state index contributed by atoms with van der Waals surface area (Å²) in [4.78, 5) is 5.22. The van der Waals surface area contributed by atoms with E-state index in [0.717, 1.165) is 30.8 Å². The van der Waals surface area contributed by atoms with Crippen molar-refractivity contribution in [3.8, 4) is 5.75 Å². The van der Waals surface area contributed by atoms with E-state index in [2.05, 4.69) is 34.9 Å². The van der Waals surface area contributed by atoms with Crippen LogP contribution in [-0.4, -0.2) is 44.2 Å². The standard InChI is InChI=1S/C18H28N2O/c1-15-5-3-6-16(13-15)19-9-11-20(12-10-19)17-7-4-8-18(14-17)21-2/h4,7-8,14-16H,3,5-6,9-13H2,1-2H3/t15-,16-/m0/s1.